The summed E-state index contributed by atoms with van der Waals surface area (Å²) >= 11 is 0. The average molecular weight is 307 g/mol. The molecule has 0 bridgehead atoms. The first-order valence-electron chi connectivity index (χ1n) is 7.36. The van der Waals surface area contributed by atoms with Crippen LogP contribution in [0.1, 0.15) is 27.0 Å². The van der Waals surface area contributed by atoms with Gasteiger partial charge in [-0.1, -0.05) is 12.1 Å². The second kappa shape index (κ2) is 6.04. The summed E-state index contributed by atoms with van der Waals surface area (Å²) in [4.78, 5) is 31.1. The number of aromatic amines is 1. The van der Waals surface area contributed by atoms with Crippen LogP contribution in [0.4, 0.5) is 0 Å². The number of carbonyl (C=O) groups is 1. The summed E-state index contributed by atoms with van der Waals surface area (Å²) in [5.41, 5.74) is 3.91. The molecule has 5 heteroatoms. The minimum absolute atomic E-state index is 0.179. The molecule has 0 radical (unpaired) electrons. The predicted octanol–water partition coefficient (Wildman–Crippen LogP) is 2.47. The van der Waals surface area contributed by atoms with E-state index in [1.165, 1.54) is 0 Å². The van der Waals surface area contributed by atoms with E-state index in [9.17, 15) is 9.59 Å². The van der Waals surface area contributed by atoms with E-state index in [0.717, 1.165) is 22.0 Å². The molecule has 0 spiro atoms. The first kappa shape index (κ1) is 15.0. The van der Waals surface area contributed by atoms with Crippen molar-refractivity contribution in [1.82, 2.24) is 15.3 Å². The van der Waals surface area contributed by atoms with Gasteiger partial charge in [-0.2, -0.15) is 0 Å². The van der Waals surface area contributed by atoms with Crippen LogP contribution in [0.2, 0.25) is 0 Å². The highest BCUT2D eigenvalue weighted by Crippen LogP contribution is 2.18. The van der Waals surface area contributed by atoms with Crippen LogP contribution in [0.25, 0.3) is 10.9 Å². The zero-order chi connectivity index (χ0) is 16.4. The zero-order valence-electron chi connectivity index (χ0n) is 13.0. The lowest BCUT2D eigenvalue weighted by Gasteiger charge is -2.09. The fraction of sp³-hybridized carbons (Fsp3) is 0.167. The molecule has 1 amide bonds. The number of nitrogens with one attached hydrogen (secondary N) is 2. The standard InChI is InChI=1S/C18H17N3O2/c1-11-3-4-14-9-15(18(23)21-16(14)12(11)2)10-20-17(22)13-5-7-19-8-6-13/h3-9H,10H2,1-2H3,(H,20,22)(H,21,23). The summed E-state index contributed by atoms with van der Waals surface area (Å²) in [6.45, 7) is 4.17. The van der Waals surface area contributed by atoms with Crippen molar-refractivity contribution in [2.45, 2.75) is 20.4 Å². The van der Waals surface area contributed by atoms with E-state index in [0.29, 0.717) is 11.1 Å². The van der Waals surface area contributed by atoms with Gasteiger partial charge in [-0.25, -0.2) is 0 Å². The van der Waals surface area contributed by atoms with Crippen LogP contribution in [-0.4, -0.2) is 15.9 Å². The topological polar surface area (TPSA) is 74.8 Å². The van der Waals surface area contributed by atoms with Gasteiger partial charge < -0.3 is 10.3 Å². The summed E-state index contributed by atoms with van der Waals surface area (Å²) in [5, 5.41) is 3.72. The molecule has 0 aliphatic carbocycles. The molecule has 116 valence electrons. The Morgan fingerprint density at radius 3 is 2.65 bits per heavy atom. The largest absolute Gasteiger partial charge is 0.348 e. The van der Waals surface area contributed by atoms with Crippen molar-refractivity contribution in [1.29, 1.82) is 0 Å². The molecule has 2 aromatic heterocycles. The Balaban J connectivity index is 1.86. The van der Waals surface area contributed by atoms with Crippen LogP contribution in [0.3, 0.4) is 0 Å². The minimum Gasteiger partial charge on any atom is -0.348 e. The van der Waals surface area contributed by atoms with Crippen molar-refractivity contribution in [3.63, 3.8) is 0 Å². The van der Waals surface area contributed by atoms with E-state index >= 15 is 0 Å². The lowest BCUT2D eigenvalue weighted by molar-refractivity contribution is 0.0950. The molecule has 5 nitrogen and oxygen atoms in total. The second-order valence-electron chi connectivity index (χ2n) is 5.51. The summed E-state index contributed by atoms with van der Waals surface area (Å²) in [7, 11) is 0. The number of amides is 1. The molecule has 0 saturated carbocycles. The van der Waals surface area contributed by atoms with E-state index in [-0.39, 0.29) is 18.0 Å². The van der Waals surface area contributed by atoms with Crippen molar-refractivity contribution in [3.8, 4) is 0 Å². The van der Waals surface area contributed by atoms with Gasteiger partial charge in [0.25, 0.3) is 11.5 Å². The van der Waals surface area contributed by atoms with Gasteiger partial charge in [0, 0.05) is 30.1 Å². The number of hydrogen-bond donors (Lipinski definition) is 2. The molecule has 1 aromatic carbocycles. The highest BCUT2D eigenvalue weighted by molar-refractivity contribution is 5.94. The number of rotatable bonds is 3. The number of aromatic nitrogens is 2. The van der Waals surface area contributed by atoms with Crippen LogP contribution in [0.5, 0.6) is 0 Å². The summed E-state index contributed by atoms with van der Waals surface area (Å²) in [6.07, 6.45) is 3.12. The Labute approximate surface area is 133 Å². The number of nitrogens with zero attached hydrogens (tertiary/aromatic N) is 1. The lowest BCUT2D eigenvalue weighted by Crippen LogP contribution is -2.26. The van der Waals surface area contributed by atoms with Crippen LogP contribution < -0.4 is 10.9 Å². The summed E-state index contributed by atoms with van der Waals surface area (Å²) in [6, 6.07) is 9.09. The molecule has 23 heavy (non-hydrogen) atoms. The number of benzene rings is 1. The van der Waals surface area contributed by atoms with Crippen LogP contribution >= 0.6 is 0 Å². The number of hydrogen-bond acceptors (Lipinski definition) is 3. The third-order valence-electron chi connectivity index (χ3n) is 4.01. The molecule has 0 fully saturated rings. The molecule has 0 aliphatic rings. The van der Waals surface area contributed by atoms with Crippen molar-refractivity contribution >= 4 is 16.8 Å². The van der Waals surface area contributed by atoms with Gasteiger partial charge in [0.1, 0.15) is 0 Å². The maximum atomic E-state index is 12.2. The molecule has 2 N–H and O–H groups in total. The number of aryl methyl sites for hydroxylation is 2. The average Bonchev–Trinajstić information content (AvgIpc) is 2.57. The molecule has 0 saturated heterocycles. The van der Waals surface area contributed by atoms with Crippen LogP contribution in [0, 0.1) is 13.8 Å². The number of fused-ring (bicyclic) bond motifs is 1. The maximum absolute atomic E-state index is 12.2. The monoisotopic (exact) mass is 307 g/mol. The number of H-pyrrole nitrogens is 1. The van der Waals surface area contributed by atoms with Crippen molar-refractivity contribution < 1.29 is 4.79 Å². The van der Waals surface area contributed by atoms with Crippen LogP contribution in [-0.2, 0) is 6.54 Å². The third kappa shape index (κ3) is 2.99. The quantitative estimate of drug-likeness (QED) is 0.780. The number of pyridine rings is 2. The van der Waals surface area contributed by atoms with Crippen molar-refractivity contribution in [2.24, 2.45) is 0 Å². The van der Waals surface area contributed by atoms with Gasteiger partial charge in [0.15, 0.2) is 0 Å². The predicted molar refractivity (Wildman–Crippen MR) is 89.4 cm³/mol. The molecule has 0 aliphatic heterocycles. The van der Waals surface area contributed by atoms with E-state index in [1.807, 2.05) is 32.0 Å². The van der Waals surface area contributed by atoms with Gasteiger partial charge in [0.05, 0.1) is 5.52 Å². The second-order valence-corrected chi connectivity index (χ2v) is 5.51. The molecule has 3 rings (SSSR count). The first-order valence-corrected chi connectivity index (χ1v) is 7.36. The number of carbonyl (C=O) groups excluding carboxylic acids is 1. The van der Waals surface area contributed by atoms with E-state index in [4.69, 9.17) is 0 Å². The smallest absolute Gasteiger partial charge is 0.253 e. The Kier molecular flexibility index (Phi) is 3.93. The molecular weight excluding hydrogens is 290 g/mol. The zero-order valence-corrected chi connectivity index (χ0v) is 13.0. The Bertz CT molecular complexity index is 930. The Hall–Kier alpha value is -2.95. The SMILES string of the molecule is Cc1ccc2cc(CNC(=O)c3ccncc3)c(=O)[nH]c2c1C. The van der Waals surface area contributed by atoms with E-state index in [2.05, 4.69) is 15.3 Å². The van der Waals surface area contributed by atoms with E-state index < -0.39 is 0 Å². The highest BCUT2D eigenvalue weighted by atomic mass is 16.1. The Morgan fingerprint density at radius 1 is 1.17 bits per heavy atom. The molecule has 3 aromatic rings. The van der Waals surface area contributed by atoms with Gasteiger partial charge in [0.2, 0.25) is 0 Å². The molecule has 0 unspecified atom stereocenters. The highest BCUT2D eigenvalue weighted by Gasteiger charge is 2.09. The maximum Gasteiger partial charge on any atom is 0.253 e. The van der Waals surface area contributed by atoms with Gasteiger partial charge in [-0.3, -0.25) is 14.6 Å². The first-order chi connectivity index (χ1) is 11.1. The fourth-order valence-electron chi connectivity index (χ4n) is 2.48. The third-order valence-corrected chi connectivity index (χ3v) is 4.01. The van der Waals surface area contributed by atoms with Crippen molar-refractivity contribution in [3.05, 3.63) is 75.3 Å². The van der Waals surface area contributed by atoms with Crippen molar-refractivity contribution in [2.75, 3.05) is 0 Å². The molecule has 0 atom stereocenters. The van der Waals surface area contributed by atoms with E-state index in [1.54, 1.807) is 24.5 Å². The fourth-order valence-corrected chi connectivity index (χ4v) is 2.48. The van der Waals surface area contributed by atoms with Gasteiger partial charge in [-0.15, -0.1) is 0 Å². The summed E-state index contributed by atoms with van der Waals surface area (Å²) in [5.74, 6) is -0.230. The van der Waals surface area contributed by atoms with Gasteiger partial charge >= 0.3 is 0 Å². The summed E-state index contributed by atoms with van der Waals surface area (Å²) < 4.78 is 0. The molecule has 2 heterocycles. The minimum atomic E-state index is -0.230. The lowest BCUT2D eigenvalue weighted by atomic mass is 10.0. The van der Waals surface area contributed by atoms with Gasteiger partial charge in [-0.05, 0) is 48.6 Å². The van der Waals surface area contributed by atoms with Crippen LogP contribution in [0.15, 0.2) is 47.5 Å². The molecular formula is C18H17N3O2. The normalized spacial score (nSPS) is 10.7. The Morgan fingerprint density at radius 2 is 1.91 bits per heavy atom.